The van der Waals surface area contributed by atoms with E-state index < -0.39 is 0 Å². The van der Waals surface area contributed by atoms with Gasteiger partial charge in [-0.1, -0.05) is 36.7 Å². The van der Waals surface area contributed by atoms with Gasteiger partial charge in [0, 0.05) is 16.2 Å². The summed E-state index contributed by atoms with van der Waals surface area (Å²) in [5.74, 6) is 0. The van der Waals surface area contributed by atoms with Crippen LogP contribution in [0.15, 0.2) is 21.3 Å². The first-order valence-corrected chi connectivity index (χ1v) is 5.32. The summed E-state index contributed by atoms with van der Waals surface area (Å²) in [4.78, 5) is 4.19. The SMILES string of the molecule is CC(C)(C)c1c(Br)ccnc1Br. The van der Waals surface area contributed by atoms with Crippen LogP contribution in [-0.2, 0) is 5.41 Å². The van der Waals surface area contributed by atoms with E-state index in [4.69, 9.17) is 0 Å². The van der Waals surface area contributed by atoms with E-state index >= 15 is 0 Å². The molecule has 0 bridgehead atoms. The second kappa shape index (κ2) is 3.46. The van der Waals surface area contributed by atoms with Crippen LogP contribution in [-0.4, -0.2) is 4.98 Å². The van der Waals surface area contributed by atoms with Gasteiger partial charge in [0.2, 0.25) is 0 Å². The minimum atomic E-state index is 0.117. The standard InChI is InChI=1S/C9H11Br2N/c1-9(2,3)7-6(10)4-5-12-8(7)11/h4-5H,1-3H3. The molecule has 66 valence electrons. The number of nitrogens with zero attached hydrogens (tertiary/aromatic N) is 1. The molecule has 1 nitrogen and oxygen atoms in total. The molecule has 1 aromatic heterocycles. The van der Waals surface area contributed by atoms with Gasteiger partial charge in [0.1, 0.15) is 4.60 Å². The van der Waals surface area contributed by atoms with Gasteiger partial charge in [-0.05, 0) is 27.4 Å². The van der Waals surface area contributed by atoms with Crippen LogP contribution in [0.3, 0.4) is 0 Å². The third-order valence-corrected chi connectivity index (χ3v) is 2.87. The Kier molecular flexibility index (Phi) is 2.94. The number of halogens is 2. The molecule has 0 aliphatic rings. The largest absolute Gasteiger partial charge is 0.249 e. The molecule has 0 aromatic carbocycles. The molecule has 0 spiro atoms. The highest BCUT2D eigenvalue weighted by Gasteiger charge is 2.20. The van der Waals surface area contributed by atoms with E-state index in [9.17, 15) is 0 Å². The topological polar surface area (TPSA) is 12.9 Å². The lowest BCUT2D eigenvalue weighted by Gasteiger charge is -2.21. The van der Waals surface area contributed by atoms with Gasteiger partial charge >= 0.3 is 0 Å². The second-order valence-electron chi connectivity index (χ2n) is 3.71. The van der Waals surface area contributed by atoms with Gasteiger partial charge in [0.15, 0.2) is 0 Å². The molecule has 1 heterocycles. The number of hydrogen-bond acceptors (Lipinski definition) is 1. The molecule has 0 amide bonds. The number of pyridine rings is 1. The van der Waals surface area contributed by atoms with E-state index in [1.165, 1.54) is 5.56 Å². The van der Waals surface area contributed by atoms with Crippen molar-refractivity contribution in [3.8, 4) is 0 Å². The van der Waals surface area contributed by atoms with Crippen LogP contribution < -0.4 is 0 Å². The normalized spacial score (nSPS) is 11.8. The molecule has 0 N–H and O–H groups in total. The first kappa shape index (κ1) is 10.2. The lowest BCUT2D eigenvalue weighted by Crippen LogP contribution is -2.13. The monoisotopic (exact) mass is 291 g/mol. The molecule has 12 heavy (non-hydrogen) atoms. The van der Waals surface area contributed by atoms with E-state index in [-0.39, 0.29) is 5.41 Å². The zero-order valence-corrected chi connectivity index (χ0v) is 10.5. The smallest absolute Gasteiger partial charge is 0.110 e. The predicted molar refractivity (Wildman–Crippen MR) is 58.3 cm³/mol. The van der Waals surface area contributed by atoms with Gasteiger partial charge < -0.3 is 0 Å². The summed E-state index contributed by atoms with van der Waals surface area (Å²) in [6, 6.07) is 1.96. The summed E-state index contributed by atoms with van der Waals surface area (Å²) in [5.41, 5.74) is 1.33. The summed E-state index contributed by atoms with van der Waals surface area (Å²) in [5, 5.41) is 0. The van der Waals surface area contributed by atoms with Crippen molar-refractivity contribution in [3.05, 3.63) is 26.9 Å². The summed E-state index contributed by atoms with van der Waals surface area (Å²) >= 11 is 6.95. The maximum atomic E-state index is 4.19. The van der Waals surface area contributed by atoms with E-state index in [2.05, 4.69) is 57.6 Å². The third kappa shape index (κ3) is 2.07. The summed E-state index contributed by atoms with van der Waals surface area (Å²) in [6.07, 6.45) is 1.78. The molecule has 3 heteroatoms. The van der Waals surface area contributed by atoms with Crippen LogP contribution >= 0.6 is 31.9 Å². The van der Waals surface area contributed by atoms with Crippen molar-refractivity contribution in [2.75, 3.05) is 0 Å². The van der Waals surface area contributed by atoms with Gasteiger partial charge in [-0.15, -0.1) is 0 Å². The Hall–Kier alpha value is 0.110. The maximum absolute atomic E-state index is 4.19. The summed E-state index contributed by atoms with van der Waals surface area (Å²) in [6.45, 7) is 6.50. The third-order valence-electron chi connectivity index (χ3n) is 1.60. The molecule has 0 aliphatic heterocycles. The molecular weight excluding hydrogens is 282 g/mol. The lowest BCUT2D eigenvalue weighted by atomic mass is 9.88. The van der Waals surface area contributed by atoms with Gasteiger partial charge in [-0.3, -0.25) is 0 Å². The summed E-state index contributed by atoms with van der Waals surface area (Å²) < 4.78 is 2.03. The van der Waals surface area contributed by atoms with Crippen LogP contribution in [0.2, 0.25) is 0 Å². The van der Waals surface area contributed by atoms with Crippen molar-refractivity contribution < 1.29 is 0 Å². The Morgan fingerprint density at radius 3 is 2.17 bits per heavy atom. The highest BCUT2D eigenvalue weighted by atomic mass is 79.9. The zero-order valence-electron chi connectivity index (χ0n) is 7.36. The van der Waals surface area contributed by atoms with Crippen LogP contribution in [0, 0.1) is 0 Å². The molecule has 0 radical (unpaired) electrons. The molecule has 0 fully saturated rings. The van der Waals surface area contributed by atoms with Gasteiger partial charge in [0.25, 0.3) is 0 Å². The van der Waals surface area contributed by atoms with E-state index in [1.54, 1.807) is 6.20 Å². The molecule has 0 saturated heterocycles. The van der Waals surface area contributed by atoms with Crippen molar-refractivity contribution >= 4 is 31.9 Å². The Balaban J connectivity index is 3.31. The molecule has 0 saturated carbocycles. The van der Waals surface area contributed by atoms with Crippen molar-refractivity contribution in [1.29, 1.82) is 0 Å². The first-order valence-electron chi connectivity index (χ1n) is 3.73. The zero-order chi connectivity index (χ0) is 9.35. The average molecular weight is 293 g/mol. The van der Waals surface area contributed by atoms with Crippen molar-refractivity contribution in [2.24, 2.45) is 0 Å². The van der Waals surface area contributed by atoms with Crippen LogP contribution in [0.1, 0.15) is 26.3 Å². The fourth-order valence-electron chi connectivity index (χ4n) is 1.08. The van der Waals surface area contributed by atoms with Crippen LogP contribution in [0.25, 0.3) is 0 Å². The summed E-state index contributed by atoms with van der Waals surface area (Å²) in [7, 11) is 0. The van der Waals surface area contributed by atoms with Crippen molar-refractivity contribution in [2.45, 2.75) is 26.2 Å². The number of rotatable bonds is 0. The first-order chi connectivity index (χ1) is 5.43. The van der Waals surface area contributed by atoms with Gasteiger partial charge in [-0.2, -0.15) is 0 Å². The molecule has 0 atom stereocenters. The Morgan fingerprint density at radius 2 is 1.83 bits per heavy atom. The van der Waals surface area contributed by atoms with E-state index in [0.29, 0.717) is 0 Å². The van der Waals surface area contributed by atoms with Crippen LogP contribution in [0.4, 0.5) is 0 Å². The van der Waals surface area contributed by atoms with Gasteiger partial charge in [0.05, 0.1) is 0 Å². The quantitative estimate of drug-likeness (QED) is 0.661. The highest BCUT2D eigenvalue weighted by Crippen LogP contribution is 2.33. The predicted octanol–water partition coefficient (Wildman–Crippen LogP) is 3.90. The highest BCUT2D eigenvalue weighted by molar-refractivity contribution is 9.11. The maximum Gasteiger partial charge on any atom is 0.110 e. The Labute approximate surface area is 89.8 Å². The minimum absolute atomic E-state index is 0.117. The van der Waals surface area contributed by atoms with Crippen LogP contribution in [0.5, 0.6) is 0 Å². The second-order valence-corrected chi connectivity index (χ2v) is 5.31. The number of aromatic nitrogens is 1. The lowest BCUT2D eigenvalue weighted by molar-refractivity contribution is 0.580. The molecule has 0 unspecified atom stereocenters. The van der Waals surface area contributed by atoms with Crippen molar-refractivity contribution in [1.82, 2.24) is 4.98 Å². The van der Waals surface area contributed by atoms with E-state index in [0.717, 1.165) is 9.08 Å². The molecule has 0 aliphatic carbocycles. The Bertz CT molecular complexity index is 269. The minimum Gasteiger partial charge on any atom is -0.249 e. The van der Waals surface area contributed by atoms with E-state index in [1.807, 2.05) is 6.07 Å². The molecule has 1 rings (SSSR count). The van der Waals surface area contributed by atoms with Crippen molar-refractivity contribution in [3.63, 3.8) is 0 Å². The fraction of sp³-hybridized carbons (Fsp3) is 0.444. The Morgan fingerprint density at radius 1 is 1.25 bits per heavy atom. The number of hydrogen-bond donors (Lipinski definition) is 0. The molecular formula is C9H11Br2N. The molecule has 1 aromatic rings. The average Bonchev–Trinajstić information content (AvgIpc) is 1.82. The van der Waals surface area contributed by atoms with Gasteiger partial charge in [-0.25, -0.2) is 4.98 Å². The fourth-order valence-corrected chi connectivity index (χ4v) is 3.18.